The van der Waals surface area contributed by atoms with Gasteiger partial charge in [-0.05, 0) is 85.5 Å². The van der Waals surface area contributed by atoms with Crippen molar-refractivity contribution in [2.24, 2.45) is 22.7 Å². The summed E-state index contributed by atoms with van der Waals surface area (Å²) in [6.07, 6.45) is 6.50. The van der Waals surface area contributed by atoms with Gasteiger partial charge in [-0.1, -0.05) is 63.4 Å². The molecule has 2 aliphatic heterocycles. The van der Waals surface area contributed by atoms with Gasteiger partial charge in [0, 0.05) is 38.1 Å². The van der Waals surface area contributed by atoms with E-state index in [-0.39, 0.29) is 145 Å². The number of likely N-dealkylation sites (tertiary alicyclic amines) is 2. The van der Waals surface area contributed by atoms with Gasteiger partial charge in [0.05, 0.1) is 93.6 Å². The molecule has 5 N–H and O–H groups in total. The molecular weight excluding hydrogens is 1030 g/mol. The SMILES string of the molecule is C=CCOC(=O)C[C@H](C(=O)N[C@@H](C)C(=O)Cc1ccc(COC(=O)Nc2cc(OCCCOc3cc(NC(=O)OCC=C)c(C(=O)N4CC5(CC5)C[C@H]4CO)cc3OC)c(OC)cc2C(=O)N2CC3(CC3)C[C@H]2CO)cc1)C(C)C. The standard InChI is InChI=1S/C59H75N5O16/c1-8-19-78-52(68)26-42(36(3)4)53(69)60-37(5)47(67)23-38-11-13-39(14-12-38)33-80-57(73)62-46-28-51(49(75-7)25-44(46)55(71)64-35-59(17-18-59)30-41(64)32-66)77-22-10-21-76-50-27-45(61-56(72)79-20-9-2)43(24-48(50)74-6)54(70)63-34-58(15-16-58)29-40(63)31-65/h8-9,11-14,24-25,27-28,36-37,40-42,65-66H,1-2,10,15-23,26,29-35H2,3-7H3,(H,60,69)(H,61,72)(H,62,73)/t37-,40-,41-,42-/m0/s1. The topological polar surface area (TPSA) is 267 Å². The molecule has 7 rings (SSSR count). The van der Waals surface area contributed by atoms with Crippen LogP contribution in [-0.4, -0.2) is 147 Å². The van der Waals surface area contributed by atoms with E-state index >= 15 is 0 Å². The van der Waals surface area contributed by atoms with E-state index in [1.54, 1.807) is 41.0 Å². The molecule has 3 aromatic rings. The van der Waals surface area contributed by atoms with Crippen LogP contribution in [0.15, 0.2) is 73.8 Å². The van der Waals surface area contributed by atoms with Crippen molar-refractivity contribution < 1.29 is 76.9 Å². The Balaban J connectivity index is 0.998. The van der Waals surface area contributed by atoms with Crippen LogP contribution in [0.2, 0.25) is 0 Å². The van der Waals surface area contributed by atoms with Crippen LogP contribution in [0.25, 0.3) is 0 Å². The minimum absolute atomic E-state index is 0.000189. The fourth-order valence-corrected chi connectivity index (χ4v) is 10.3. The Hall–Kier alpha value is -7.65. The zero-order valence-electron chi connectivity index (χ0n) is 46.3. The van der Waals surface area contributed by atoms with Crippen molar-refractivity contribution in [2.45, 2.75) is 103 Å². The van der Waals surface area contributed by atoms with E-state index in [9.17, 15) is 43.8 Å². The maximum atomic E-state index is 14.4. The zero-order valence-corrected chi connectivity index (χ0v) is 46.3. The number of ketones is 1. The second-order valence-corrected chi connectivity index (χ2v) is 21.5. The lowest BCUT2D eigenvalue weighted by molar-refractivity contribution is -0.146. The van der Waals surface area contributed by atoms with Crippen LogP contribution in [0, 0.1) is 22.7 Å². The Morgan fingerprint density at radius 2 is 1.15 bits per heavy atom. The average Bonchev–Trinajstić information content (AvgIpc) is 4.37. The number of rotatable bonds is 28. The Morgan fingerprint density at radius 3 is 1.60 bits per heavy atom. The Labute approximate surface area is 466 Å². The lowest BCUT2D eigenvalue weighted by Gasteiger charge is -2.25. The van der Waals surface area contributed by atoms with Gasteiger partial charge in [-0.2, -0.15) is 0 Å². The normalized spacial score (nSPS) is 17.9. The molecule has 2 spiro atoms. The number of aliphatic hydroxyl groups is 2. The summed E-state index contributed by atoms with van der Waals surface area (Å²) in [7, 11) is 2.84. The van der Waals surface area contributed by atoms with E-state index in [4.69, 9.17) is 33.2 Å². The molecule has 4 fully saturated rings. The molecule has 3 aromatic carbocycles. The first-order chi connectivity index (χ1) is 38.4. The number of benzene rings is 3. The number of carbonyl (C=O) groups excluding carboxylic acids is 7. The smallest absolute Gasteiger partial charge is 0.411 e. The highest BCUT2D eigenvalue weighted by Gasteiger charge is 2.54. The molecule has 2 heterocycles. The third kappa shape index (κ3) is 15.2. The fourth-order valence-electron chi connectivity index (χ4n) is 10.3. The summed E-state index contributed by atoms with van der Waals surface area (Å²) in [5, 5.41) is 28.6. The number of aliphatic hydroxyl groups excluding tert-OH is 2. The number of hydrogen-bond donors (Lipinski definition) is 5. The molecule has 21 nitrogen and oxygen atoms in total. The molecule has 21 heteroatoms. The predicted octanol–water partition coefficient (Wildman–Crippen LogP) is 7.02. The molecule has 2 aliphatic carbocycles. The van der Waals surface area contributed by atoms with Crippen molar-refractivity contribution in [1.82, 2.24) is 15.1 Å². The van der Waals surface area contributed by atoms with Crippen LogP contribution in [0.3, 0.4) is 0 Å². The highest BCUT2D eigenvalue weighted by Crippen LogP contribution is 2.56. The van der Waals surface area contributed by atoms with Gasteiger partial charge in [-0.3, -0.25) is 34.6 Å². The van der Waals surface area contributed by atoms with Crippen LogP contribution >= 0.6 is 0 Å². The van der Waals surface area contributed by atoms with E-state index in [0.29, 0.717) is 37.1 Å². The monoisotopic (exact) mass is 1110 g/mol. The zero-order chi connectivity index (χ0) is 57.7. The number of carbonyl (C=O) groups is 7. The molecular formula is C59H75N5O16. The molecule has 2 saturated carbocycles. The average molecular weight is 1110 g/mol. The second-order valence-electron chi connectivity index (χ2n) is 21.5. The highest BCUT2D eigenvalue weighted by atomic mass is 16.6. The van der Waals surface area contributed by atoms with Crippen LogP contribution in [0.5, 0.6) is 23.0 Å². The third-order valence-corrected chi connectivity index (χ3v) is 15.3. The third-order valence-electron chi connectivity index (χ3n) is 15.3. The minimum atomic E-state index is -0.884. The summed E-state index contributed by atoms with van der Waals surface area (Å²) in [4.78, 5) is 96.6. The van der Waals surface area contributed by atoms with Crippen molar-refractivity contribution >= 4 is 53.0 Å². The van der Waals surface area contributed by atoms with E-state index in [0.717, 1.165) is 25.7 Å². The number of methoxy groups -OCH3 is 2. The highest BCUT2D eigenvalue weighted by molar-refractivity contribution is 6.05. The van der Waals surface area contributed by atoms with E-state index < -0.39 is 48.0 Å². The number of hydrogen-bond acceptors (Lipinski definition) is 16. The number of esters is 1. The molecule has 0 unspecified atom stereocenters. The van der Waals surface area contributed by atoms with Gasteiger partial charge in [-0.15, -0.1) is 0 Å². The van der Waals surface area contributed by atoms with Gasteiger partial charge in [-0.25, -0.2) is 9.59 Å². The molecule has 4 atom stereocenters. The first-order valence-electron chi connectivity index (χ1n) is 27.1. The first kappa shape index (κ1) is 60.0. The van der Waals surface area contributed by atoms with Crippen molar-refractivity contribution in [3.63, 3.8) is 0 Å². The Kier molecular flexibility index (Phi) is 20.3. The van der Waals surface area contributed by atoms with Crippen molar-refractivity contribution in [2.75, 3.05) is 77.6 Å². The summed E-state index contributed by atoms with van der Waals surface area (Å²) in [5.74, 6) is -2.09. The number of amides is 5. The van der Waals surface area contributed by atoms with Gasteiger partial charge in [0.1, 0.15) is 19.8 Å². The molecule has 80 heavy (non-hydrogen) atoms. The fraction of sp³-hybridized carbons (Fsp3) is 0.508. The van der Waals surface area contributed by atoms with Crippen molar-refractivity contribution in [3.05, 3.63) is 96.1 Å². The maximum absolute atomic E-state index is 14.4. The summed E-state index contributed by atoms with van der Waals surface area (Å²) < 4.78 is 39.5. The van der Waals surface area contributed by atoms with E-state index in [2.05, 4.69) is 29.1 Å². The summed E-state index contributed by atoms with van der Waals surface area (Å²) in [6, 6.07) is 11.1. The maximum Gasteiger partial charge on any atom is 0.411 e. The number of nitrogens with one attached hydrogen (secondary N) is 3. The largest absolute Gasteiger partial charge is 0.493 e. The van der Waals surface area contributed by atoms with Crippen molar-refractivity contribution in [1.29, 1.82) is 0 Å². The van der Waals surface area contributed by atoms with Gasteiger partial charge in [0.25, 0.3) is 11.8 Å². The molecule has 0 bridgehead atoms. The molecule has 2 saturated heterocycles. The first-order valence-corrected chi connectivity index (χ1v) is 27.1. The van der Waals surface area contributed by atoms with E-state index in [1.165, 1.54) is 50.6 Å². The quantitative estimate of drug-likeness (QED) is 0.0212. The number of ether oxygens (including phenoxy) is 7. The summed E-state index contributed by atoms with van der Waals surface area (Å²) in [6.45, 7) is 12.7. The molecule has 0 radical (unpaired) electrons. The van der Waals surface area contributed by atoms with Crippen LogP contribution in [0.4, 0.5) is 21.0 Å². The molecule has 4 aliphatic rings. The molecule has 5 amide bonds. The van der Waals surface area contributed by atoms with Gasteiger partial charge in [0.2, 0.25) is 5.91 Å². The number of Topliss-reactive ketones (excluding diaryl/α,β-unsaturated/α-hetero) is 1. The Morgan fingerprint density at radius 1 is 0.675 bits per heavy atom. The van der Waals surface area contributed by atoms with Gasteiger partial charge < -0.3 is 58.5 Å². The predicted molar refractivity (Wildman–Crippen MR) is 294 cm³/mol. The molecule has 0 aromatic heterocycles. The number of anilines is 2. The van der Waals surface area contributed by atoms with Gasteiger partial charge in [0.15, 0.2) is 28.8 Å². The van der Waals surface area contributed by atoms with Crippen LogP contribution in [-0.2, 0) is 41.6 Å². The number of nitrogens with zero attached hydrogens (tertiary/aromatic N) is 2. The van der Waals surface area contributed by atoms with Crippen molar-refractivity contribution in [3.8, 4) is 23.0 Å². The summed E-state index contributed by atoms with van der Waals surface area (Å²) in [5.41, 5.74) is 1.62. The van der Waals surface area contributed by atoms with Gasteiger partial charge >= 0.3 is 18.2 Å². The lowest BCUT2D eigenvalue weighted by atomic mass is 9.91. The van der Waals surface area contributed by atoms with Crippen LogP contribution in [0.1, 0.15) is 104 Å². The minimum Gasteiger partial charge on any atom is -0.493 e. The second kappa shape index (κ2) is 27.0. The Bertz CT molecular complexity index is 2770. The van der Waals surface area contributed by atoms with Crippen LogP contribution < -0.4 is 34.9 Å². The summed E-state index contributed by atoms with van der Waals surface area (Å²) >= 11 is 0. The lowest BCUT2D eigenvalue weighted by Crippen LogP contribution is -2.44. The molecule has 432 valence electrons. The van der Waals surface area contributed by atoms with E-state index in [1.807, 2.05) is 13.8 Å².